The quantitative estimate of drug-likeness (QED) is 0.845. The summed E-state index contributed by atoms with van der Waals surface area (Å²) in [4.78, 5) is 29.2. The lowest BCUT2D eigenvalue weighted by molar-refractivity contribution is -0.140. The number of carbonyl (C=O) groups excluding carboxylic acids is 2. The highest BCUT2D eigenvalue weighted by molar-refractivity contribution is 5.96. The van der Waals surface area contributed by atoms with E-state index in [1.807, 2.05) is 23.6 Å². The summed E-state index contributed by atoms with van der Waals surface area (Å²) in [6, 6.07) is 1.88. The van der Waals surface area contributed by atoms with Crippen molar-refractivity contribution in [3.8, 4) is 0 Å². The summed E-state index contributed by atoms with van der Waals surface area (Å²) in [6.07, 6.45) is 1.81. The first-order valence-corrected chi connectivity index (χ1v) is 8.17. The summed E-state index contributed by atoms with van der Waals surface area (Å²) in [5.74, 6) is 1.42. The zero-order chi connectivity index (χ0) is 16.6. The minimum absolute atomic E-state index is 0.0300. The van der Waals surface area contributed by atoms with Gasteiger partial charge in [-0.15, -0.1) is 0 Å². The molecule has 0 N–H and O–H groups in total. The number of amides is 2. The average molecular weight is 320 g/mol. The van der Waals surface area contributed by atoms with Gasteiger partial charge >= 0.3 is 0 Å². The topological polar surface area (TPSA) is 63.0 Å². The lowest BCUT2D eigenvalue weighted by atomic mass is 9.94. The van der Waals surface area contributed by atoms with Crippen LogP contribution in [0.5, 0.6) is 0 Å². The number of aryl methyl sites for hydroxylation is 2. The largest absolute Gasteiger partial charge is 0.466 e. The summed E-state index contributed by atoms with van der Waals surface area (Å²) in [6.45, 7) is 5.87. The van der Waals surface area contributed by atoms with E-state index in [0.717, 1.165) is 18.6 Å². The highest BCUT2D eigenvalue weighted by Crippen LogP contribution is 2.30. The molecule has 6 nitrogen and oxygen atoms in total. The number of hydrogen-bond acceptors (Lipinski definition) is 4. The van der Waals surface area contributed by atoms with Crippen LogP contribution >= 0.6 is 0 Å². The van der Waals surface area contributed by atoms with Crippen molar-refractivity contribution in [3.63, 3.8) is 0 Å². The van der Waals surface area contributed by atoms with Crippen molar-refractivity contribution in [1.82, 2.24) is 9.80 Å². The van der Waals surface area contributed by atoms with Crippen molar-refractivity contribution in [2.75, 3.05) is 33.4 Å². The Kier molecular flexibility index (Phi) is 4.43. The molecule has 0 aliphatic carbocycles. The van der Waals surface area contributed by atoms with Crippen LogP contribution in [0.2, 0.25) is 0 Å². The van der Waals surface area contributed by atoms with Gasteiger partial charge in [-0.05, 0) is 32.8 Å². The maximum absolute atomic E-state index is 12.8. The number of ether oxygens (including phenoxy) is 1. The predicted molar refractivity (Wildman–Crippen MR) is 84.2 cm³/mol. The van der Waals surface area contributed by atoms with E-state index in [4.69, 9.17) is 9.15 Å². The first-order valence-electron chi connectivity index (χ1n) is 8.17. The minimum atomic E-state index is -0.0946. The fourth-order valence-corrected chi connectivity index (χ4v) is 3.70. The van der Waals surface area contributed by atoms with E-state index in [1.54, 1.807) is 13.2 Å². The fourth-order valence-electron chi connectivity index (χ4n) is 3.70. The molecule has 0 radical (unpaired) electrons. The van der Waals surface area contributed by atoms with E-state index < -0.39 is 0 Å². The molecule has 3 aliphatic heterocycles. The molecule has 126 valence electrons. The van der Waals surface area contributed by atoms with Crippen LogP contribution in [0, 0.1) is 19.8 Å². The third-order valence-corrected chi connectivity index (χ3v) is 4.89. The van der Waals surface area contributed by atoms with Crippen LogP contribution in [0.4, 0.5) is 0 Å². The Labute approximate surface area is 136 Å². The molecule has 0 spiro atoms. The van der Waals surface area contributed by atoms with E-state index in [0.29, 0.717) is 37.6 Å². The summed E-state index contributed by atoms with van der Waals surface area (Å²) < 4.78 is 10.6. The molecule has 2 atom stereocenters. The highest BCUT2D eigenvalue weighted by atomic mass is 16.5. The van der Waals surface area contributed by atoms with Crippen LogP contribution in [-0.4, -0.2) is 61.0 Å². The van der Waals surface area contributed by atoms with E-state index in [9.17, 15) is 9.59 Å². The Hall–Kier alpha value is -1.82. The van der Waals surface area contributed by atoms with Gasteiger partial charge in [0.15, 0.2) is 0 Å². The zero-order valence-electron chi connectivity index (χ0n) is 14.0. The molecule has 1 aromatic heterocycles. The minimum Gasteiger partial charge on any atom is -0.466 e. The van der Waals surface area contributed by atoms with Crippen LogP contribution in [0.15, 0.2) is 10.5 Å². The van der Waals surface area contributed by atoms with E-state index in [-0.39, 0.29) is 23.8 Å². The molecule has 0 unspecified atom stereocenters. The van der Waals surface area contributed by atoms with Crippen molar-refractivity contribution >= 4 is 11.8 Å². The molecular weight excluding hydrogens is 296 g/mol. The summed E-state index contributed by atoms with van der Waals surface area (Å²) in [5.41, 5.74) is 0.611. The molecule has 2 bridgehead atoms. The Morgan fingerprint density at radius 3 is 2.78 bits per heavy atom. The second-order valence-corrected chi connectivity index (χ2v) is 6.49. The maximum Gasteiger partial charge on any atom is 0.257 e. The second kappa shape index (κ2) is 6.35. The Bertz CT molecular complexity index is 610. The average Bonchev–Trinajstić information content (AvgIpc) is 2.70. The molecule has 3 fully saturated rings. The molecule has 6 heteroatoms. The van der Waals surface area contributed by atoms with Crippen molar-refractivity contribution in [3.05, 3.63) is 23.2 Å². The molecular formula is C17H24N2O4. The summed E-state index contributed by atoms with van der Waals surface area (Å²) in [7, 11) is 1.64. The number of furan rings is 1. The lowest BCUT2D eigenvalue weighted by Crippen LogP contribution is -2.49. The first-order chi connectivity index (χ1) is 11.0. The Balaban J connectivity index is 1.80. The number of fused-ring (bicyclic) bond motifs is 4. The van der Waals surface area contributed by atoms with Crippen LogP contribution in [0.3, 0.4) is 0 Å². The number of nitrogens with zero attached hydrogens (tertiary/aromatic N) is 2. The van der Waals surface area contributed by atoms with E-state index in [2.05, 4.69) is 0 Å². The van der Waals surface area contributed by atoms with Gasteiger partial charge in [-0.3, -0.25) is 9.59 Å². The third-order valence-electron chi connectivity index (χ3n) is 4.89. The lowest BCUT2D eigenvalue weighted by Gasteiger charge is -2.35. The molecule has 1 aromatic rings. The van der Waals surface area contributed by atoms with Crippen LogP contribution in [0.25, 0.3) is 0 Å². The SMILES string of the molecule is COCCN1C(=O)[C@H]2CC[C@@H]1CN(C(=O)c1cc(C)oc1C)C2. The molecule has 0 saturated carbocycles. The van der Waals surface area contributed by atoms with E-state index >= 15 is 0 Å². The molecule has 3 aliphatic rings. The van der Waals surface area contributed by atoms with Gasteiger partial charge in [0.1, 0.15) is 11.5 Å². The molecule has 23 heavy (non-hydrogen) atoms. The van der Waals surface area contributed by atoms with Gasteiger partial charge in [-0.25, -0.2) is 0 Å². The normalized spacial score (nSPS) is 24.2. The van der Waals surface area contributed by atoms with Crippen molar-refractivity contribution in [1.29, 1.82) is 0 Å². The number of methoxy groups -OCH3 is 1. The van der Waals surface area contributed by atoms with Gasteiger partial charge in [-0.2, -0.15) is 0 Å². The van der Waals surface area contributed by atoms with Gasteiger partial charge in [-0.1, -0.05) is 0 Å². The van der Waals surface area contributed by atoms with Gasteiger partial charge in [0.2, 0.25) is 5.91 Å². The number of piperidine rings is 1. The summed E-state index contributed by atoms with van der Waals surface area (Å²) in [5, 5.41) is 0. The van der Waals surface area contributed by atoms with Crippen LogP contribution in [-0.2, 0) is 9.53 Å². The smallest absolute Gasteiger partial charge is 0.257 e. The van der Waals surface area contributed by atoms with Crippen LogP contribution < -0.4 is 0 Å². The number of rotatable bonds is 4. The van der Waals surface area contributed by atoms with E-state index in [1.165, 1.54) is 0 Å². The Morgan fingerprint density at radius 1 is 1.35 bits per heavy atom. The summed E-state index contributed by atoms with van der Waals surface area (Å²) >= 11 is 0. The third kappa shape index (κ3) is 3.00. The highest BCUT2D eigenvalue weighted by Gasteiger charge is 2.42. The van der Waals surface area contributed by atoms with Crippen molar-refractivity contribution in [2.24, 2.45) is 5.92 Å². The monoisotopic (exact) mass is 320 g/mol. The van der Waals surface area contributed by atoms with Crippen molar-refractivity contribution < 1.29 is 18.7 Å². The van der Waals surface area contributed by atoms with Gasteiger partial charge in [0, 0.05) is 32.8 Å². The molecule has 2 amide bonds. The molecule has 4 rings (SSSR count). The van der Waals surface area contributed by atoms with Crippen LogP contribution in [0.1, 0.15) is 34.7 Å². The van der Waals surface area contributed by atoms with Gasteiger partial charge < -0.3 is 19.0 Å². The second-order valence-electron chi connectivity index (χ2n) is 6.49. The maximum atomic E-state index is 12.8. The van der Waals surface area contributed by atoms with Gasteiger partial charge in [0.25, 0.3) is 5.91 Å². The standard InChI is InChI=1S/C17H24N2O4/c1-11-8-15(12(2)23-11)17(21)18-9-13-4-5-14(10-18)19(16(13)20)6-7-22-3/h8,13-14H,4-7,9-10H2,1-3H3/t13-,14+/m0/s1. The fraction of sp³-hybridized carbons (Fsp3) is 0.647. The number of carbonyl (C=O) groups is 2. The van der Waals surface area contributed by atoms with Crippen molar-refractivity contribution in [2.45, 2.75) is 32.7 Å². The molecule has 0 aromatic carbocycles. The first kappa shape index (κ1) is 16.1. The predicted octanol–water partition coefficient (Wildman–Crippen LogP) is 1.61. The number of hydrogen-bond donors (Lipinski definition) is 0. The molecule has 4 heterocycles. The zero-order valence-corrected chi connectivity index (χ0v) is 14.0. The van der Waals surface area contributed by atoms with Gasteiger partial charge in [0.05, 0.1) is 18.1 Å². The molecule has 3 saturated heterocycles. The Morgan fingerprint density at radius 2 is 2.13 bits per heavy atom.